The van der Waals surface area contributed by atoms with Crippen molar-refractivity contribution in [3.05, 3.63) is 34.9 Å². The lowest BCUT2D eigenvalue weighted by Gasteiger charge is -2.14. The van der Waals surface area contributed by atoms with E-state index in [1.807, 2.05) is 0 Å². The van der Waals surface area contributed by atoms with Crippen LogP contribution in [-0.2, 0) is 14.2 Å². The van der Waals surface area contributed by atoms with Crippen LogP contribution < -0.4 is 5.32 Å². The summed E-state index contributed by atoms with van der Waals surface area (Å²) in [5, 5.41) is 11.0. The molecular formula is C18H30NO6P. The highest BCUT2D eigenvalue weighted by Gasteiger charge is 2.28. The zero-order chi connectivity index (χ0) is 20.3. The summed E-state index contributed by atoms with van der Waals surface area (Å²) in [4.78, 5) is 40.5. The van der Waals surface area contributed by atoms with Crippen molar-refractivity contribution in [2.75, 3.05) is 6.16 Å². The summed E-state index contributed by atoms with van der Waals surface area (Å²) in [5.74, 6) is -2.16. The standard InChI is InChI=1S/C18H30NO6P/c1-13(2)7-5-8-14(3)9-6-10-15(4)11-17(20)19-16(18(21)22)12-26(23,24)25/h7,9,11,16H,5-6,8,10,12H2,1-4H3,(H,19,20)(H,21,22)(H2,23,24,25)/b14-9+,15-11+/t16-/m0/s1. The summed E-state index contributed by atoms with van der Waals surface area (Å²) in [5.41, 5.74) is 3.32. The fourth-order valence-corrected chi connectivity index (χ4v) is 2.89. The molecule has 0 aromatic carbocycles. The Bertz CT molecular complexity index is 626. The first-order chi connectivity index (χ1) is 11.9. The molecule has 0 aromatic rings. The number of hydrogen-bond acceptors (Lipinski definition) is 3. The molecule has 0 rings (SSSR count). The molecule has 1 amide bonds. The molecule has 0 fully saturated rings. The van der Waals surface area contributed by atoms with E-state index in [0.717, 1.165) is 24.8 Å². The summed E-state index contributed by atoms with van der Waals surface area (Å²) in [7, 11) is -4.54. The average molecular weight is 387 g/mol. The maximum absolute atomic E-state index is 11.8. The van der Waals surface area contributed by atoms with E-state index < -0.39 is 31.7 Å². The summed E-state index contributed by atoms with van der Waals surface area (Å²) in [6.45, 7) is 7.94. The van der Waals surface area contributed by atoms with Crippen molar-refractivity contribution < 1.29 is 29.0 Å². The van der Waals surface area contributed by atoms with Crippen LogP contribution in [-0.4, -0.2) is 39.0 Å². The fraction of sp³-hybridized carbons (Fsp3) is 0.556. The molecule has 0 aliphatic carbocycles. The molecular weight excluding hydrogens is 357 g/mol. The molecule has 8 heteroatoms. The van der Waals surface area contributed by atoms with Crippen LogP contribution in [0.15, 0.2) is 34.9 Å². The Labute approximate surface area is 155 Å². The first-order valence-corrected chi connectivity index (χ1v) is 10.2. The lowest BCUT2D eigenvalue weighted by molar-refractivity contribution is -0.140. The topological polar surface area (TPSA) is 124 Å². The van der Waals surface area contributed by atoms with Crippen molar-refractivity contribution in [1.29, 1.82) is 0 Å². The Kier molecular flexibility index (Phi) is 11.1. The maximum atomic E-state index is 11.8. The van der Waals surface area contributed by atoms with Gasteiger partial charge in [-0.2, -0.15) is 0 Å². The second-order valence-corrected chi connectivity index (χ2v) is 8.34. The van der Waals surface area contributed by atoms with Crippen LogP contribution >= 0.6 is 7.60 Å². The zero-order valence-corrected chi connectivity index (χ0v) is 16.8. The molecule has 0 aliphatic rings. The van der Waals surface area contributed by atoms with Crippen molar-refractivity contribution in [2.45, 2.75) is 59.4 Å². The molecule has 0 spiro atoms. The van der Waals surface area contributed by atoms with Crippen molar-refractivity contribution in [3.63, 3.8) is 0 Å². The highest BCUT2D eigenvalue weighted by Crippen LogP contribution is 2.34. The van der Waals surface area contributed by atoms with Gasteiger partial charge in [0.25, 0.3) is 0 Å². The van der Waals surface area contributed by atoms with Crippen molar-refractivity contribution in [3.8, 4) is 0 Å². The van der Waals surface area contributed by atoms with Gasteiger partial charge in [0.15, 0.2) is 0 Å². The van der Waals surface area contributed by atoms with E-state index in [4.69, 9.17) is 14.9 Å². The smallest absolute Gasteiger partial charge is 0.328 e. The molecule has 7 nitrogen and oxygen atoms in total. The highest BCUT2D eigenvalue weighted by atomic mass is 31.2. The van der Waals surface area contributed by atoms with Crippen LogP contribution in [0.3, 0.4) is 0 Å². The molecule has 0 bridgehead atoms. The number of nitrogens with one attached hydrogen (secondary N) is 1. The van der Waals surface area contributed by atoms with Crippen LogP contribution in [0.2, 0.25) is 0 Å². The van der Waals surface area contributed by atoms with E-state index in [-0.39, 0.29) is 0 Å². The second kappa shape index (κ2) is 11.8. The minimum Gasteiger partial charge on any atom is -0.480 e. The summed E-state index contributed by atoms with van der Waals surface area (Å²) in [6.07, 6.45) is 8.02. The molecule has 26 heavy (non-hydrogen) atoms. The lowest BCUT2D eigenvalue weighted by Crippen LogP contribution is -2.42. The fourth-order valence-electron chi connectivity index (χ4n) is 2.17. The Morgan fingerprint density at radius 2 is 1.54 bits per heavy atom. The minimum absolute atomic E-state index is 0.642. The van der Waals surface area contributed by atoms with Crippen LogP contribution in [0.5, 0.6) is 0 Å². The Morgan fingerprint density at radius 1 is 1.00 bits per heavy atom. The quantitative estimate of drug-likeness (QED) is 0.245. The van der Waals surface area contributed by atoms with Gasteiger partial charge in [-0.15, -0.1) is 0 Å². The SMILES string of the molecule is CC(C)=CCC/C(C)=C/CC/C(C)=C/C(=O)N[C@@H](CP(=O)(O)O)C(=O)O. The summed E-state index contributed by atoms with van der Waals surface area (Å²) < 4.78 is 10.9. The van der Waals surface area contributed by atoms with Gasteiger partial charge in [0.1, 0.15) is 6.04 Å². The Balaban J connectivity index is 4.52. The normalized spacial score (nSPS) is 13.9. The van der Waals surface area contributed by atoms with E-state index in [9.17, 15) is 14.2 Å². The minimum atomic E-state index is -4.54. The van der Waals surface area contributed by atoms with Gasteiger partial charge < -0.3 is 20.2 Å². The molecule has 4 N–H and O–H groups in total. The third kappa shape index (κ3) is 13.6. The van der Waals surface area contributed by atoms with E-state index in [2.05, 4.69) is 38.2 Å². The van der Waals surface area contributed by atoms with Gasteiger partial charge in [0.05, 0.1) is 6.16 Å². The van der Waals surface area contributed by atoms with E-state index >= 15 is 0 Å². The number of carbonyl (C=O) groups is 2. The number of aliphatic carboxylic acids is 1. The van der Waals surface area contributed by atoms with Gasteiger partial charge in [-0.3, -0.25) is 9.36 Å². The number of rotatable bonds is 11. The van der Waals surface area contributed by atoms with Gasteiger partial charge in [0, 0.05) is 6.08 Å². The van der Waals surface area contributed by atoms with E-state index in [1.165, 1.54) is 17.2 Å². The monoisotopic (exact) mass is 387 g/mol. The predicted molar refractivity (Wildman–Crippen MR) is 102 cm³/mol. The number of hydrogen-bond donors (Lipinski definition) is 4. The van der Waals surface area contributed by atoms with Crippen LogP contribution in [0.25, 0.3) is 0 Å². The maximum Gasteiger partial charge on any atom is 0.328 e. The number of carboxylic acid groups (broad SMARTS) is 1. The highest BCUT2D eigenvalue weighted by molar-refractivity contribution is 7.51. The number of carboxylic acids is 1. The second-order valence-electron chi connectivity index (χ2n) is 6.65. The van der Waals surface area contributed by atoms with Crippen LogP contribution in [0.1, 0.15) is 53.4 Å². The van der Waals surface area contributed by atoms with Gasteiger partial charge in [-0.1, -0.05) is 28.9 Å². The van der Waals surface area contributed by atoms with Gasteiger partial charge >= 0.3 is 13.6 Å². The molecule has 0 saturated heterocycles. The largest absolute Gasteiger partial charge is 0.480 e. The van der Waals surface area contributed by atoms with Crippen LogP contribution in [0.4, 0.5) is 0 Å². The molecule has 0 saturated carbocycles. The first kappa shape index (κ1) is 24.3. The molecule has 148 valence electrons. The average Bonchev–Trinajstić information content (AvgIpc) is 2.44. The van der Waals surface area contributed by atoms with Crippen molar-refractivity contribution in [1.82, 2.24) is 5.32 Å². The molecule has 0 radical (unpaired) electrons. The van der Waals surface area contributed by atoms with E-state index in [1.54, 1.807) is 6.92 Å². The Morgan fingerprint density at radius 3 is 2.04 bits per heavy atom. The third-order valence-electron chi connectivity index (χ3n) is 3.54. The molecule has 0 aliphatic heterocycles. The summed E-state index contributed by atoms with van der Waals surface area (Å²) in [6, 6.07) is -1.62. The van der Waals surface area contributed by atoms with Crippen LogP contribution in [0, 0.1) is 0 Å². The third-order valence-corrected chi connectivity index (χ3v) is 4.38. The predicted octanol–water partition coefficient (Wildman–Crippen LogP) is 3.15. The van der Waals surface area contributed by atoms with Crippen molar-refractivity contribution >= 4 is 19.5 Å². The number of amides is 1. The van der Waals surface area contributed by atoms with Crippen molar-refractivity contribution in [2.24, 2.45) is 0 Å². The van der Waals surface area contributed by atoms with Gasteiger partial charge in [0.2, 0.25) is 5.91 Å². The van der Waals surface area contributed by atoms with E-state index in [0.29, 0.717) is 6.42 Å². The van der Waals surface area contributed by atoms with Gasteiger partial charge in [-0.25, -0.2) is 4.79 Å². The first-order valence-electron chi connectivity index (χ1n) is 8.44. The zero-order valence-electron chi connectivity index (χ0n) is 15.9. The number of carbonyl (C=O) groups excluding carboxylic acids is 1. The molecule has 0 heterocycles. The summed E-state index contributed by atoms with van der Waals surface area (Å²) >= 11 is 0. The molecule has 0 unspecified atom stereocenters. The van der Waals surface area contributed by atoms with Gasteiger partial charge in [-0.05, 0) is 53.4 Å². The molecule has 1 atom stereocenters. The Hall–Kier alpha value is -1.69. The lowest BCUT2D eigenvalue weighted by atomic mass is 10.1. The molecule has 0 aromatic heterocycles. The number of allylic oxidation sites excluding steroid dienone is 5.